The van der Waals surface area contributed by atoms with Gasteiger partial charge in [0.25, 0.3) is 0 Å². The van der Waals surface area contributed by atoms with Gasteiger partial charge in [0, 0.05) is 20.1 Å². The molecule has 20 heavy (non-hydrogen) atoms. The molecule has 7 heteroatoms. The van der Waals surface area contributed by atoms with Crippen LogP contribution in [-0.4, -0.2) is 33.8 Å². The number of halogens is 1. The minimum Gasteiger partial charge on any atom is -0.356 e. The van der Waals surface area contributed by atoms with Crippen LogP contribution >= 0.6 is 24.0 Å². The Kier molecular flexibility index (Phi) is 10.0. The summed E-state index contributed by atoms with van der Waals surface area (Å²) in [5.41, 5.74) is 0. The van der Waals surface area contributed by atoms with Crippen molar-refractivity contribution >= 4 is 29.9 Å². The van der Waals surface area contributed by atoms with E-state index < -0.39 is 0 Å². The van der Waals surface area contributed by atoms with E-state index in [4.69, 9.17) is 0 Å². The molecule has 0 atom stereocenters. The molecule has 2 N–H and O–H groups in total. The van der Waals surface area contributed by atoms with Crippen molar-refractivity contribution in [2.45, 2.75) is 33.2 Å². The quantitative estimate of drug-likeness (QED) is 0.244. The SMILES string of the molecule is C=CCNC(=NCc1nnc(C)n1C)NCCCC.I. The van der Waals surface area contributed by atoms with Crippen molar-refractivity contribution in [1.29, 1.82) is 0 Å². The van der Waals surface area contributed by atoms with Crippen LogP contribution in [0.4, 0.5) is 0 Å². The van der Waals surface area contributed by atoms with E-state index in [1.165, 1.54) is 0 Å². The Labute approximate surface area is 138 Å². The van der Waals surface area contributed by atoms with E-state index in [2.05, 4.69) is 39.3 Å². The van der Waals surface area contributed by atoms with E-state index in [-0.39, 0.29) is 24.0 Å². The number of hydrogen-bond donors (Lipinski definition) is 2. The molecule has 1 aromatic rings. The molecule has 0 aliphatic carbocycles. The van der Waals surface area contributed by atoms with E-state index in [0.717, 1.165) is 37.0 Å². The highest BCUT2D eigenvalue weighted by Gasteiger charge is 2.04. The van der Waals surface area contributed by atoms with Crippen molar-refractivity contribution in [3.05, 3.63) is 24.3 Å². The number of nitrogens with one attached hydrogen (secondary N) is 2. The van der Waals surface area contributed by atoms with Gasteiger partial charge in [0.15, 0.2) is 11.8 Å². The molecule has 0 aliphatic rings. The summed E-state index contributed by atoms with van der Waals surface area (Å²) in [5.74, 6) is 2.53. The van der Waals surface area contributed by atoms with Gasteiger partial charge in [-0.3, -0.25) is 0 Å². The van der Waals surface area contributed by atoms with Crippen molar-refractivity contribution in [2.24, 2.45) is 12.0 Å². The zero-order valence-electron chi connectivity index (χ0n) is 12.5. The Bertz CT molecular complexity index is 426. The predicted octanol–water partition coefficient (Wildman–Crippen LogP) is 1.76. The molecule has 0 bridgehead atoms. The first-order valence-electron chi connectivity index (χ1n) is 6.67. The molecule has 0 saturated carbocycles. The molecule has 1 aromatic heterocycles. The van der Waals surface area contributed by atoms with Gasteiger partial charge in [-0.25, -0.2) is 4.99 Å². The van der Waals surface area contributed by atoms with Gasteiger partial charge in [-0.1, -0.05) is 19.4 Å². The second-order valence-electron chi connectivity index (χ2n) is 4.34. The molecule has 1 rings (SSSR count). The highest BCUT2D eigenvalue weighted by Crippen LogP contribution is 1.98. The number of hydrogen-bond acceptors (Lipinski definition) is 3. The van der Waals surface area contributed by atoms with Gasteiger partial charge < -0.3 is 15.2 Å². The zero-order chi connectivity index (χ0) is 14.1. The Morgan fingerprint density at radius 1 is 1.40 bits per heavy atom. The Morgan fingerprint density at radius 3 is 2.70 bits per heavy atom. The van der Waals surface area contributed by atoms with Gasteiger partial charge in [-0.2, -0.15) is 0 Å². The summed E-state index contributed by atoms with van der Waals surface area (Å²) < 4.78 is 1.95. The van der Waals surface area contributed by atoms with E-state index in [9.17, 15) is 0 Å². The van der Waals surface area contributed by atoms with Gasteiger partial charge in [0.2, 0.25) is 0 Å². The van der Waals surface area contributed by atoms with Crippen LogP contribution in [0.1, 0.15) is 31.4 Å². The van der Waals surface area contributed by atoms with Crippen LogP contribution in [0.2, 0.25) is 0 Å². The van der Waals surface area contributed by atoms with Crippen molar-refractivity contribution in [3.63, 3.8) is 0 Å². The van der Waals surface area contributed by atoms with Crippen LogP contribution in [0, 0.1) is 6.92 Å². The van der Waals surface area contributed by atoms with E-state index in [1.807, 2.05) is 24.6 Å². The number of nitrogens with zero attached hydrogens (tertiary/aromatic N) is 4. The molecule has 0 saturated heterocycles. The molecule has 114 valence electrons. The second kappa shape index (κ2) is 10.6. The Morgan fingerprint density at radius 2 is 2.15 bits per heavy atom. The van der Waals surface area contributed by atoms with Crippen LogP contribution in [0.25, 0.3) is 0 Å². The lowest BCUT2D eigenvalue weighted by molar-refractivity contribution is 0.724. The molecule has 0 fully saturated rings. The average molecular weight is 392 g/mol. The lowest BCUT2D eigenvalue weighted by Crippen LogP contribution is -2.38. The third-order valence-corrected chi connectivity index (χ3v) is 2.80. The van der Waals surface area contributed by atoms with E-state index >= 15 is 0 Å². The monoisotopic (exact) mass is 392 g/mol. The molecule has 0 aliphatic heterocycles. The molecule has 0 unspecified atom stereocenters. The molecular formula is C13H25IN6. The van der Waals surface area contributed by atoms with Gasteiger partial charge in [0.1, 0.15) is 12.4 Å². The number of rotatable bonds is 7. The summed E-state index contributed by atoms with van der Waals surface area (Å²) >= 11 is 0. The second-order valence-corrected chi connectivity index (χ2v) is 4.34. The number of aliphatic imine (C=N–C) groups is 1. The van der Waals surface area contributed by atoms with Gasteiger partial charge in [-0.05, 0) is 13.3 Å². The fourth-order valence-electron chi connectivity index (χ4n) is 1.47. The maximum atomic E-state index is 4.50. The summed E-state index contributed by atoms with van der Waals surface area (Å²) in [4.78, 5) is 4.50. The van der Waals surface area contributed by atoms with Crippen LogP contribution in [-0.2, 0) is 13.6 Å². The Balaban J connectivity index is 0.00000361. The summed E-state index contributed by atoms with van der Waals surface area (Å²) in [7, 11) is 1.95. The molecule has 0 aromatic carbocycles. The predicted molar refractivity (Wildman–Crippen MR) is 93.4 cm³/mol. The fourth-order valence-corrected chi connectivity index (χ4v) is 1.47. The molecule has 1 heterocycles. The maximum absolute atomic E-state index is 4.50. The topological polar surface area (TPSA) is 67.1 Å². The van der Waals surface area contributed by atoms with Crippen molar-refractivity contribution in [3.8, 4) is 0 Å². The Hall–Kier alpha value is -1.12. The van der Waals surface area contributed by atoms with E-state index in [0.29, 0.717) is 13.1 Å². The van der Waals surface area contributed by atoms with Gasteiger partial charge in [-0.15, -0.1) is 40.8 Å². The van der Waals surface area contributed by atoms with Crippen molar-refractivity contribution < 1.29 is 0 Å². The highest BCUT2D eigenvalue weighted by molar-refractivity contribution is 14.0. The number of guanidine groups is 1. The molecular weight excluding hydrogens is 367 g/mol. The largest absolute Gasteiger partial charge is 0.356 e. The normalized spacial score (nSPS) is 10.8. The molecule has 0 radical (unpaired) electrons. The van der Waals surface area contributed by atoms with Crippen molar-refractivity contribution in [2.75, 3.05) is 13.1 Å². The first-order chi connectivity index (χ1) is 9.19. The average Bonchev–Trinajstić information content (AvgIpc) is 2.73. The van der Waals surface area contributed by atoms with Gasteiger partial charge >= 0.3 is 0 Å². The van der Waals surface area contributed by atoms with Crippen LogP contribution < -0.4 is 10.6 Å². The van der Waals surface area contributed by atoms with E-state index in [1.54, 1.807) is 0 Å². The first-order valence-corrected chi connectivity index (χ1v) is 6.67. The zero-order valence-corrected chi connectivity index (χ0v) is 14.8. The van der Waals surface area contributed by atoms with Crippen LogP contribution in [0.3, 0.4) is 0 Å². The summed E-state index contributed by atoms with van der Waals surface area (Å²) in [6.45, 7) is 9.90. The lowest BCUT2D eigenvalue weighted by Gasteiger charge is -2.10. The maximum Gasteiger partial charge on any atom is 0.191 e. The van der Waals surface area contributed by atoms with Crippen LogP contribution in [0.15, 0.2) is 17.6 Å². The standard InChI is InChI=1S/C13H24N6.HI/c1-5-7-9-15-13(14-8-6-2)16-10-12-18-17-11(3)19(12)4;/h6H,2,5,7-10H2,1,3-4H3,(H2,14,15,16);1H. The smallest absolute Gasteiger partial charge is 0.191 e. The fraction of sp³-hybridized carbons (Fsp3) is 0.615. The molecule has 0 amide bonds. The summed E-state index contributed by atoms with van der Waals surface area (Å²) in [5, 5.41) is 14.6. The van der Waals surface area contributed by atoms with Crippen LogP contribution in [0.5, 0.6) is 0 Å². The highest BCUT2D eigenvalue weighted by atomic mass is 127. The van der Waals surface area contributed by atoms with Crippen molar-refractivity contribution in [1.82, 2.24) is 25.4 Å². The number of aromatic nitrogens is 3. The number of unbranched alkanes of at least 4 members (excludes halogenated alkanes) is 1. The third-order valence-electron chi connectivity index (χ3n) is 2.80. The number of aryl methyl sites for hydroxylation is 1. The minimum atomic E-state index is 0. The third kappa shape index (κ3) is 6.36. The molecule has 6 nitrogen and oxygen atoms in total. The lowest BCUT2D eigenvalue weighted by atomic mass is 10.3. The first kappa shape index (κ1) is 18.9. The summed E-state index contributed by atoms with van der Waals surface area (Å²) in [6, 6.07) is 0. The van der Waals surface area contributed by atoms with Gasteiger partial charge in [0.05, 0.1) is 0 Å². The molecule has 0 spiro atoms. The summed E-state index contributed by atoms with van der Waals surface area (Å²) in [6.07, 6.45) is 4.09. The minimum absolute atomic E-state index is 0.